The van der Waals surface area contributed by atoms with Gasteiger partial charge in [0.25, 0.3) is 0 Å². The molecule has 2 heteroatoms. The van der Waals surface area contributed by atoms with Crippen LogP contribution in [0.15, 0.2) is 12.3 Å². The molecule has 0 aromatic rings. The molecule has 2 aliphatic heterocycles. The molecule has 92 valence electrons. The molecule has 0 spiro atoms. The maximum absolute atomic E-state index is 4.34. The summed E-state index contributed by atoms with van der Waals surface area (Å²) in [5.74, 6) is 0.757. The molecule has 0 radical (unpaired) electrons. The SMILES string of the molecule is C=C(C1CCN(C(C)C)CC1)N1CCCC1. The summed E-state index contributed by atoms with van der Waals surface area (Å²) < 4.78 is 0. The summed E-state index contributed by atoms with van der Waals surface area (Å²) in [7, 11) is 0. The lowest BCUT2D eigenvalue weighted by molar-refractivity contribution is 0.149. The van der Waals surface area contributed by atoms with Crippen molar-refractivity contribution in [1.82, 2.24) is 9.80 Å². The monoisotopic (exact) mass is 222 g/mol. The summed E-state index contributed by atoms with van der Waals surface area (Å²) in [6, 6.07) is 0.709. The van der Waals surface area contributed by atoms with E-state index in [9.17, 15) is 0 Å². The van der Waals surface area contributed by atoms with Crippen LogP contribution < -0.4 is 0 Å². The van der Waals surface area contributed by atoms with Crippen molar-refractivity contribution in [2.45, 2.75) is 45.6 Å². The van der Waals surface area contributed by atoms with Crippen molar-refractivity contribution in [3.8, 4) is 0 Å². The maximum Gasteiger partial charge on any atom is 0.0175 e. The van der Waals surface area contributed by atoms with Gasteiger partial charge in [0, 0.05) is 30.7 Å². The lowest BCUT2D eigenvalue weighted by Crippen LogP contribution is -2.40. The first-order valence-electron chi connectivity index (χ1n) is 6.86. The van der Waals surface area contributed by atoms with Crippen LogP contribution in [-0.2, 0) is 0 Å². The molecular formula is C14H26N2. The zero-order valence-corrected chi connectivity index (χ0v) is 10.9. The van der Waals surface area contributed by atoms with Crippen molar-refractivity contribution >= 4 is 0 Å². The smallest absolute Gasteiger partial charge is 0.0175 e. The largest absolute Gasteiger partial charge is 0.375 e. The van der Waals surface area contributed by atoms with Crippen molar-refractivity contribution in [3.05, 3.63) is 12.3 Å². The molecule has 0 bridgehead atoms. The molecule has 16 heavy (non-hydrogen) atoms. The van der Waals surface area contributed by atoms with Gasteiger partial charge in [0.05, 0.1) is 0 Å². The van der Waals surface area contributed by atoms with Crippen LogP contribution in [0.5, 0.6) is 0 Å². The van der Waals surface area contributed by atoms with Crippen LogP contribution in [0, 0.1) is 5.92 Å². The molecule has 2 saturated heterocycles. The molecule has 2 fully saturated rings. The van der Waals surface area contributed by atoms with E-state index in [4.69, 9.17) is 0 Å². The summed E-state index contributed by atoms with van der Waals surface area (Å²) in [6.45, 7) is 14.0. The van der Waals surface area contributed by atoms with Crippen molar-refractivity contribution < 1.29 is 0 Å². The molecule has 0 aliphatic carbocycles. The van der Waals surface area contributed by atoms with Crippen LogP contribution in [0.2, 0.25) is 0 Å². The number of hydrogen-bond acceptors (Lipinski definition) is 2. The Balaban J connectivity index is 1.81. The topological polar surface area (TPSA) is 6.48 Å². The maximum atomic E-state index is 4.34. The Hall–Kier alpha value is -0.500. The third-order valence-corrected chi connectivity index (χ3v) is 4.24. The number of allylic oxidation sites excluding steroid dienone is 1. The molecule has 0 aromatic heterocycles. The summed E-state index contributed by atoms with van der Waals surface area (Å²) in [5.41, 5.74) is 1.43. The van der Waals surface area contributed by atoms with Gasteiger partial charge in [0.15, 0.2) is 0 Å². The molecule has 0 N–H and O–H groups in total. The van der Waals surface area contributed by atoms with Gasteiger partial charge < -0.3 is 9.80 Å². The second-order valence-electron chi connectivity index (χ2n) is 5.59. The van der Waals surface area contributed by atoms with Gasteiger partial charge in [0.2, 0.25) is 0 Å². The van der Waals surface area contributed by atoms with Gasteiger partial charge in [-0.2, -0.15) is 0 Å². The van der Waals surface area contributed by atoms with E-state index in [2.05, 4.69) is 30.2 Å². The quantitative estimate of drug-likeness (QED) is 0.724. The van der Waals surface area contributed by atoms with Crippen LogP contribution in [0.25, 0.3) is 0 Å². The second-order valence-corrected chi connectivity index (χ2v) is 5.59. The van der Waals surface area contributed by atoms with E-state index in [1.54, 1.807) is 0 Å². The van der Waals surface area contributed by atoms with Gasteiger partial charge >= 0.3 is 0 Å². The third kappa shape index (κ3) is 2.60. The summed E-state index contributed by atoms with van der Waals surface area (Å²) >= 11 is 0. The Bertz CT molecular complexity index is 233. The lowest BCUT2D eigenvalue weighted by Gasteiger charge is -2.37. The zero-order valence-electron chi connectivity index (χ0n) is 10.9. The fourth-order valence-corrected chi connectivity index (χ4v) is 3.01. The number of hydrogen-bond donors (Lipinski definition) is 0. The average molecular weight is 222 g/mol. The highest BCUT2D eigenvalue weighted by molar-refractivity contribution is 5.03. The van der Waals surface area contributed by atoms with E-state index >= 15 is 0 Å². The van der Waals surface area contributed by atoms with Gasteiger partial charge in [-0.15, -0.1) is 0 Å². The summed E-state index contributed by atoms with van der Waals surface area (Å²) in [5, 5.41) is 0. The standard InChI is InChI=1S/C14H26N2/c1-12(2)15-10-6-14(7-11-15)13(3)16-8-4-5-9-16/h12,14H,3-11H2,1-2H3. The Morgan fingerprint density at radius 3 is 2.12 bits per heavy atom. The predicted octanol–water partition coefficient (Wildman–Crippen LogP) is 2.72. The number of rotatable bonds is 3. The fourth-order valence-electron chi connectivity index (χ4n) is 3.01. The van der Waals surface area contributed by atoms with Gasteiger partial charge in [-0.05, 0) is 52.6 Å². The first-order valence-corrected chi connectivity index (χ1v) is 6.86. The van der Waals surface area contributed by atoms with Crippen molar-refractivity contribution in [2.75, 3.05) is 26.2 Å². The Morgan fingerprint density at radius 2 is 1.62 bits per heavy atom. The van der Waals surface area contributed by atoms with E-state index in [0.29, 0.717) is 6.04 Å². The first-order chi connectivity index (χ1) is 7.68. The molecule has 2 aliphatic rings. The first kappa shape index (κ1) is 12.0. The number of nitrogens with zero attached hydrogens (tertiary/aromatic N) is 2. The van der Waals surface area contributed by atoms with Gasteiger partial charge in [-0.1, -0.05) is 6.58 Å². The van der Waals surface area contributed by atoms with E-state index in [-0.39, 0.29) is 0 Å². The normalized spacial score (nSPS) is 24.3. The third-order valence-electron chi connectivity index (χ3n) is 4.24. The molecule has 0 amide bonds. The molecule has 0 unspecified atom stereocenters. The van der Waals surface area contributed by atoms with Crippen LogP contribution in [0.1, 0.15) is 39.5 Å². The van der Waals surface area contributed by atoms with Crippen molar-refractivity contribution in [3.63, 3.8) is 0 Å². The van der Waals surface area contributed by atoms with Gasteiger partial charge in [-0.3, -0.25) is 0 Å². The van der Waals surface area contributed by atoms with Gasteiger partial charge in [-0.25, -0.2) is 0 Å². The van der Waals surface area contributed by atoms with Crippen molar-refractivity contribution in [2.24, 2.45) is 5.92 Å². The van der Waals surface area contributed by atoms with E-state index in [1.807, 2.05) is 0 Å². The molecule has 2 rings (SSSR count). The fraction of sp³-hybridized carbons (Fsp3) is 0.857. The van der Waals surface area contributed by atoms with E-state index < -0.39 is 0 Å². The summed E-state index contributed by atoms with van der Waals surface area (Å²) in [4.78, 5) is 5.11. The average Bonchev–Trinajstić information content (AvgIpc) is 2.81. The van der Waals surface area contributed by atoms with Crippen LogP contribution in [0.3, 0.4) is 0 Å². The molecular weight excluding hydrogens is 196 g/mol. The highest BCUT2D eigenvalue weighted by Gasteiger charge is 2.26. The molecule has 2 heterocycles. The lowest BCUT2D eigenvalue weighted by atomic mass is 9.92. The number of piperidine rings is 1. The highest BCUT2D eigenvalue weighted by atomic mass is 15.2. The van der Waals surface area contributed by atoms with E-state index in [0.717, 1.165) is 5.92 Å². The Kier molecular flexibility index (Phi) is 3.91. The highest BCUT2D eigenvalue weighted by Crippen LogP contribution is 2.28. The predicted molar refractivity (Wildman–Crippen MR) is 69.4 cm³/mol. The minimum Gasteiger partial charge on any atom is -0.375 e. The molecule has 0 saturated carbocycles. The minimum absolute atomic E-state index is 0.709. The van der Waals surface area contributed by atoms with Crippen LogP contribution >= 0.6 is 0 Å². The van der Waals surface area contributed by atoms with Gasteiger partial charge in [0.1, 0.15) is 0 Å². The van der Waals surface area contributed by atoms with E-state index in [1.165, 1.54) is 57.6 Å². The Labute approximate surface area is 100 Å². The summed E-state index contributed by atoms with van der Waals surface area (Å²) in [6.07, 6.45) is 5.36. The Morgan fingerprint density at radius 1 is 1.06 bits per heavy atom. The van der Waals surface area contributed by atoms with Crippen LogP contribution in [0.4, 0.5) is 0 Å². The van der Waals surface area contributed by atoms with Crippen LogP contribution in [-0.4, -0.2) is 42.0 Å². The van der Waals surface area contributed by atoms with Crippen molar-refractivity contribution in [1.29, 1.82) is 0 Å². The zero-order chi connectivity index (χ0) is 11.5. The minimum atomic E-state index is 0.709. The number of likely N-dealkylation sites (tertiary alicyclic amines) is 2. The molecule has 0 atom stereocenters. The molecule has 2 nitrogen and oxygen atoms in total. The molecule has 0 aromatic carbocycles. The second kappa shape index (κ2) is 5.22.